The lowest BCUT2D eigenvalue weighted by Gasteiger charge is -2.25. The number of anilines is 1. The Labute approximate surface area is 179 Å². The molecule has 3 amide bonds. The van der Waals surface area contributed by atoms with Crippen molar-refractivity contribution in [3.05, 3.63) is 54.5 Å². The molecule has 2 aliphatic rings. The van der Waals surface area contributed by atoms with Crippen molar-refractivity contribution in [1.82, 2.24) is 19.6 Å². The van der Waals surface area contributed by atoms with Crippen LogP contribution in [0.5, 0.6) is 0 Å². The second kappa shape index (κ2) is 7.68. The highest BCUT2D eigenvalue weighted by Gasteiger charge is 2.34. The van der Waals surface area contributed by atoms with Gasteiger partial charge in [0.1, 0.15) is 18.0 Å². The van der Waals surface area contributed by atoms with Crippen LogP contribution in [0.4, 0.5) is 14.9 Å². The van der Waals surface area contributed by atoms with E-state index in [-0.39, 0.29) is 30.3 Å². The SMILES string of the molecule is C[C@@H]1CCCN1C(=O)CN1CCN(c2cccc3c2cnn3-c2ccccc2F)C1=O. The smallest absolute Gasteiger partial charge is 0.325 e. The second-order valence-corrected chi connectivity index (χ2v) is 8.15. The van der Waals surface area contributed by atoms with Crippen LogP contribution in [0.3, 0.4) is 0 Å². The first-order valence-corrected chi connectivity index (χ1v) is 10.6. The van der Waals surface area contributed by atoms with Crippen LogP contribution in [-0.2, 0) is 4.79 Å². The summed E-state index contributed by atoms with van der Waals surface area (Å²) in [6.45, 7) is 3.90. The van der Waals surface area contributed by atoms with Crippen LogP contribution in [0, 0.1) is 5.82 Å². The van der Waals surface area contributed by atoms with Crippen LogP contribution in [-0.4, -0.2) is 63.7 Å². The van der Waals surface area contributed by atoms with Crippen LogP contribution < -0.4 is 4.90 Å². The molecule has 5 rings (SSSR count). The van der Waals surface area contributed by atoms with Gasteiger partial charge in [0.25, 0.3) is 0 Å². The van der Waals surface area contributed by atoms with E-state index < -0.39 is 0 Å². The highest BCUT2D eigenvalue weighted by Crippen LogP contribution is 2.31. The van der Waals surface area contributed by atoms with Gasteiger partial charge >= 0.3 is 6.03 Å². The molecule has 1 aromatic heterocycles. The van der Waals surface area contributed by atoms with Gasteiger partial charge in [-0.2, -0.15) is 5.10 Å². The summed E-state index contributed by atoms with van der Waals surface area (Å²) in [5.41, 5.74) is 1.79. The number of hydrogen-bond donors (Lipinski definition) is 0. The quantitative estimate of drug-likeness (QED) is 0.649. The van der Waals surface area contributed by atoms with E-state index in [4.69, 9.17) is 0 Å². The fourth-order valence-corrected chi connectivity index (χ4v) is 4.60. The molecular formula is C23H24FN5O2. The molecule has 8 heteroatoms. The third-order valence-electron chi connectivity index (χ3n) is 6.26. The summed E-state index contributed by atoms with van der Waals surface area (Å²) in [6, 6.07) is 12.1. The Kier molecular flexibility index (Phi) is 4.84. The zero-order valence-corrected chi connectivity index (χ0v) is 17.4. The highest BCUT2D eigenvalue weighted by atomic mass is 19.1. The third-order valence-corrected chi connectivity index (χ3v) is 6.26. The van der Waals surface area contributed by atoms with Gasteiger partial charge < -0.3 is 9.80 Å². The predicted octanol–water partition coefficient (Wildman–Crippen LogP) is 3.42. The fourth-order valence-electron chi connectivity index (χ4n) is 4.60. The van der Waals surface area contributed by atoms with Gasteiger partial charge in [0.2, 0.25) is 5.91 Å². The predicted molar refractivity (Wildman–Crippen MR) is 116 cm³/mol. The number of likely N-dealkylation sites (tertiary alicyclic amines) is 1. The maximum atomic E-state index is 14.3. The Morgan fingerprint density at radius 3 is 2.68 bits per heavy atom. The van der Waals surface area contributed by atoms with Crippen LogP contribution in [0.2, 0.25) is 0 Å². The van der Waals surface area contributed by atoms with E-state index in [0.29, 0.717) is 18.8 Å². The molecule has 0 saturated carbocycles. The number of hydrogen-bond acceptors (Lipinski definition) is 3. The average molecular weight is 421 g/mol. The van der Waals surface area contributed by atoms with E-state index in [1.165, 1.54) is 6.07 Å². The summed E-state index contributed by atoms with van der Waals surface area (Å²) in [5.74, 6) is -0.359. The van der Waals surface area contributed by atoms with Crippen LogP contribution in [0.1, 0.15) is 19.8 Å². The maximum absolute atomic E-state index is 14.3. The number of nitrogens with zero attached hydrogens (tertiary/aromatic N) is 5. The number of aromatic nitrogens is 2. The minimum atomic E-state index is -0.365. The van der Waals surface area contributed by atoms with Gasteiger partial charge in [0.05, 0.1) is 17.4 Å². The Hall–Kier alpha value is -3.42. The average Bonchev–Trinajstić information content (AvgIpc) is 3.48. The van der Waals surface area contributed by atoms with E-state index >= 15 is 0 Å². The number of fused-ring (bicyclic) bond motifs is 1. The molecule has 3 aromatic rings. The lowest BCUT2D eigenvalue weighted by atomic mass is 10.2. The van der Waals surface area contributed by atoms with Gasteiger partial charge in [-0.3, -0.25) is 9.69 Å². The van der Waals surface area contributed by atoms with Gasteiger partial charge in [-0.25, -0.2) is 13.9 Å². The number of benzene rings is 2. The monoisotopic (exact) mass is 421 g/mol. The molecule has 2 aliphatic heterocycles. The lowest BCUT2D eigenvalue weighted by Crippen LogP contribution is -2.43. The van der Waals surface area contributed by atoms with Crippen LogP contribution in [0.15, 0.2) is 48.7 Å². The Morgan fingerprint density at radius 2 is 1.90 bits per heavy atom. The van der Waals surface area contributed by atoms with Crippen LogP contribution in [0.25, 0.3) is 16.6 Å². The van der Waals surface area contributed by atoms with Gasteiger partial charge in [0.15, 0.2) is 0 Å². The number of carbonyl (C=O) groups is 2. The molecule has 0 spiro atoms. The van der Waals surface area contributed by atoms with Crippen molar-refractivity contribution in [3.63, 3.8) is 0 Å². The van der Waals surface area contributed by atoms with Crippen LogP contribution >= 0.6 is 0 Å². The first kappa shape index (κ1) is 19.5. The van der Waals surface area contributed by atoms with Gasteiger partial charge in [-0.15, -0.1) is 0 Å². The minimum Gasteiger partial charge on any atom is -0.338 e. The second-order valence-electron chi connectivity index (χ2n) is 8.15. The Morgan fingerprint density at radius 1 is 1.10 bits per heavy atom. The first-order valence-electron chi connectivity index (χ1n) is 10.6. The molecule has 31 heavy (non-hydrogen) atoms. The molecule has 0 unspecified atom stereocenters. The molecule has 2 aromatic carbocycles. The Bertz CT molecular complexity index is 1160. The highest BCUT2D eigenvalue weighted by molar-refractivity contribution is 6.04. The van der Waals surface area contributed by atoms with E-state index in [9.17, 15) is 14.0 Å². The number of halogens is 1. The summed E-state index contributed by atoms with van der Waals surface area (Å²) < 4.78 is 15.9. The van der Waals surface area contributed by atoms with Gasteiger partial charge in [0, 0.05) is 31.1 Å². The van der Waals surface area contributed by atoms with E-state index in [0.717, 1.165) is 36.0 Å². The molecule has 1 atom stereocenters. The molecule has 2 fully saturated rings. The lowest BCUT2D eigenvalue weighted by molar-refractivity contribution is -0.132. The summed E-state index contributed by atoms with van der Waals surface area (Å²) >= 11 is 0. The van der Waals surface area contributed by atoms with Crippen molar-refractivity contribution in [1.29, 1.82) is 0 Å². The minimum absolute atomic E-state index is 0.00535. The molecule has 7 nitrogen and oxygen atoms in total. The Balaban J connectivity index is 1.41. The number of urea groups is 1. The van der Waals surface area contributed by atoms with E-state index in [2.05, 4.69) is 12.0 Å². The fraction of sp³-hybridized carbons (Fsp3) is 0.348. The summed E-state index contributed by atoms with van der Waals surface area (Å²) in [7, 11) is 0. The molecule has 0 radical (unpaired) electrons. The largest absolute Gasteiger partial charge is 0.338 e. The number of rotatable bonds is 4. The number of para-hydroxylation sites is 1. The molecule has 0 aliphatic carbocycles. The zero-order valence-electron chi connectivity index (χ0n) is 17.4. The standard InChI is InChI=1S/C23H24FN5O2/c1-16-6-5-11-27(16)22(30)15-26-12-13-28(23(26)31)19-9-4-10-20-17(19)14-25-29(20)21-8-3-2-7-18(21)24/h2-4,7-10,14,16H,5-6,11-13,15H2,1H3/t16-/m1/s1. The molecule has 2 saturated heterocycles. The molecule has 0 bridgehead atoms. The van der Waals surface area contributed by atoms with Crippen molar-refractivity contribution >= 4 is 28.5 Å². The number of carbonyl (C=O) groups excluding carboxylic acids is 2. The first-order chi connectivity index (χ1) is 15.0. The molecule has 0 N–H and O–H groups in total. The van der Waals surface area contributed by atoms with Gasteiger partial charge in [-0.1, -0.05) is 18.2 Å². The molecule has 3 heterocycles. The normalized spacial score (nSPS) is 19.1. The van der Waals surface area contributed by atoms with Crippen molar-refractivity contribution in [2.45, 2.75) is 25.8 Å². The topological polar surface area (TPSA) is 61.7 Å². The maximum Gasteiger partial charge on any atom is 0.325 e. The zero-order chi connectivity index (χ0) is 21.5. The number of amides is 3. The van der Waals surface area contributed by atoms with Crippen molar-refractivity contribution < 1.29 is 14.0 Å². The summed E-state index contributed by atoms with van der Waals surface area (Å²) in [4.78, 5) is 30.9. The molecule has 160 valence electrons. The summed E-state index contributed by atoms with van der Waals surface area (Å²) in [5, 5.41) is 5.14. The third kappa shape index (κ3) is 3.32. The van der Waals surface area contributed by atoms with E-state index in [1.54, 1.807) is 38.9 Å². The van der Waals surface area contributed by atoms with Crippen molar-refractivity contribution in [3.8, 4) is 5.69 Å². The van der Waals surface area contributed by atoms with E-state index in [1.807, 2.05) is 23.1 Å². The van der Waals surface area contributed by atoms with Crippen molar-refractivity contribution in [2.75, 3.05) is 31.1 Å². The molecular weight excluding hydrogens is 397 g/mol. The summed E-state index contributed by atoms with van der Waals surface area (Å²) in [6.07, 6.45) is 3.69. The van der Waals surface area contributed by atoms with Crippen molar-refractivity contribution in [2.24, 2.45) is 0 Å². The van der Waals surface area contributed by atoms with Gasteiger partial charge in [-0.05, 0) is 44.0 Å².